The second kappa shape index (κ2) is 8.87. The number of pyridine rings is 2. The van der Waals surface area contributed by atoms with Crippen LogP contribution in [0.15, 0.2) is 30.5 Å². The molecule has 0 radical (unpaired) electrons. The van der Waals surface area contributed by atoms with Crippen molar-refractivity contribution in [1.29, 1.82) is 0 Å². The first-order valence-corrected chi connectivity index (χ1v) is 12.6. The fourth-order valence-electron chi connectivity index (χ4n) is 5.59. The highest BCUT2D eigenvalue weighted by molar-refractivity contribution is 6.02. The highest BCUT2D eigenvalue weighted by atomic mass is 16.2. The van der Waals surface area contributed by atoms with Gasteiger partial charge in [0, 0.05) is 37.7 Å². The molecule has 9 nitrogen and oxygen atoms in total. The molecule has 0 spiro atoms. The van der Waals surface area contributed by atoms with Gasteiger partial charge in [0.05, 0.1) is 0 Å². The predicted octanol–water partition coefficient (Wildman–Crippen LogP) is 3.57. The Balaban J connectivity index is 1.18. The maximum absolute atomic E-state index is 13.0. The third-order valence-electron chi connectivity index (χ3n) is 7.56. The van der Waals surface area contributed by atoms with Crippen LogP contribution in [0.3, 0.4) is 0 Å². The van der Waals surface area contributed by atoms with Gasteiger partial charge in [-0.15, -0.1) is 10.2 Å². The van der Waals surface area contributed by atoms with Crippen LogP contribution < -0.4 is 5.32 Å². The third kappa shape index (κ3) is 4.09. The SMILES string of the molecule is CC1CCc2nnc(-c3cccc(NC(=O)c4cc5c(cn4)CCN(C(=O)C4CCCC4)C5)n3)n21. The van der Waals surface area contributed by atoms with Crippen LogP contribution in [0.1, 0.15) is 72.5 Å². The van der Waals surface area contributed by atoms with Crippen molar-refractivity contribution >= 4 is 17.6 Å². The monoisotopic (exact) mass is 471 g/mol. The van der Waals surface area contributed by atoms with E-state index >= 15 is 0 Å². The quantitative estimate of drug-likeness (QED) is 0.624. The maximum Gasteiger partial charge on any atom is 0.275 e. The van der Waals surface area contributed by atoms with Gasteiger partial charge in [-0.1, -0.05) is 18.9 Å². The Kier molecular flexibility index (Phi) is 5.54. The van der Waals surface area contributed by atoms with Gasteiger partial charge in [-0.05, 0) is 61.9 Å². The summed E-state index contributed by atoms with van der Waals surface area (Å²) in [6.07, 6.45) is 8.77. The molecule has 1 fully saturated rings. The van der Waals surface area contributed by atoms with E-state index in [9.17, 15) is 9.59 Å². The van der Waals surface area contributed by atoms with Crippen molar-refractivity contribution in [3.05, 3.63) is 53.1 Å². The van der Waals surface area contributed by atoms with Crippen LogP contribution in [-0.2, 0) is 24.2 Å². The van der Waals surface area contributed by atoms with Crippen LogP contribution >= 0.6 is 0 Å². The first-order valence-electron chi connectivity index (χ1n) is 12.6. The zero-order valence-electron chi connectivity index (χ0n) is 19.9. The second-order valence-electron chi connectivity index (χ2n) is 9.89. The molecule has 5 heterocycles. The van der Waals surface area contributed by atoms with E-state index in [0.29, 0.717) is 29.8 Å². The molecular weight excluding hydrogens is 442 g/mol. The van der Waals surface area contributed by atoms with E-state index in [2.05, 4.69) is 37.0 Å². The summed E-state index contributed by atoms with van der Waals surface area (Å²) in [5.74, 6) is 2.23. The Labute approximate surface area is 204 Å². The molecule has 6 rings (SSSR count). The van der Waals surface area contributed by atoms with Crippen LogP contribution in [0.2, 0.25) is 0 Å². The molecule has 9 heteroatoms. The normalized spacial score (nSPS) is 19.5. The summed E-state index contributed by atoms with van der Waals surface area (Å²) >= 11 is 0. The molecule has 3 aliphatic rings. The van der Waals surface area contributed by atoms with Crippen molar-refractivity contribution in [3.8, 4) is 11.5 Å². The molecule has 3 aromatic heterocycles. The van der Waals surface area contributed by atoms with Gasteiger partial charge in [0.15, 0.2) is 5.82 Å². The van der Waals surface area contributed by atoms with Gasteiger partial charge >= 0.3 is 0 Å². The molecule has 0 aromatic carbocycles. The lowest BCUT2D eigenvalue weighted by molar-refractivity contribution is -0.136. The molecule has 1 saturated carbocycles. The van der Waals surface area contributed by atoms with E-state index in [-0.39, 0.29) is 17.7 Å². The number of aromatic nitrogens is 5. The van der Waals surface area contributed by atoms with Crippen molar-refractivity contribution in [2.24, 2.45) is 5.92 Å². The molecule has 1 unspecified atom stereocenters. The van der Waals surface area contributed by atoms with Crippen LogP contribution in [0.5, 0.6) is 0 Å². The number of nitrogens with zero attached hydrogens (tertiary/aromatic N) is 6. The van der Waals surface area contributed by atoms with Crippen LogP contribution in [0.4, 0.5) is 5.82 Å². The van der Waals surface area contributed by atoms with E-state index in [1.807, 2.05) is 23.1 Å². The van der Waals surface area contributed by atoms with E-state index in [0.717, 1.165) is 74.3 Å². The van der Waals surface area contributed by atoms with E-state index in [1.165, 1.54) is 0 Å². The molecule has 35 heavy (non-hydrogen) atoms. The van der Waals surface area contributed by atoms with Gasteiger partial charge < -0.3 is 14.8 Å². The summed E-state index contributed by atoms with van der Waals surface area (Å²) in [7, 11) is 0. The molecule has 1 aliphatic carbocycles. The smallest absolute Gasteiger partial charge is 0.275 e. The average Bonchev–Trinajstić information content (AvgIpc) is 3.63. The van der Waals surface area contributed by atoms with Gasteiger partial charge in [0.2, 0.25) is 5.91 Å². The summed E-state index contributed by atoms with van der Waals surface area (Å²) in [4.78, 5) is 36.9. The van der Waals surface area contributed by atoms with E-state index in [1.54, 1.807) is 12.3 Å². The average molecular weight is 472 g/mol. The van der Waals surface area contributed by atoms with Gasteiger partial charge in [0.25, 0.3) is 5.91 Å². The molecule has 2 aliphatic heterocycles. The Morgan fingerprint density at radius 2 is 1.91 bits per heavy atom. The molecular formula is C26H29N7O2. The van der Waals surface area contributed by atoms with Crippen LogP contribution in [0.25, 0.3) is 11.5 Å². The standard InChI is InChI=1S/C26H29N7O2/c1-16-9-10-23-30-31-24(33(16)23)20-7-4-8-22(28-20)29-25(34)21-13-19-15-32(12-11-18(19)14-27-21)26(35)17-5-2-3-6-17/h4,7-8,13-14,16-17H,2-3,5-6,9-12,15H2,1H3,(H,28,29,34). The number of fused-ring (bicyclic) bond motifs is 2. The largest absolute Gasteiger partial charge is 0.338 e. The highest BCUT2D eigenvalue weighted by Gasteiger charge is 2.30. The molecule has 0 saturated heterocycles. The predicted molar refractivity (Wildman–Crippen MR) is 130 cm³/mol. The minimum absolute atomic E-state index is 0.161. The number of hydrogen-bond acceptors (Lipinski definition) is 6. The fraction of sp³-hybridized carbons (Fsp3) is 0.462. The minimum atomic E-state index is -0.323. The molecule has 1 N–H and O–H groups in total. The minimum Gasteiger partial charge on any atom is -0.338 e. The van der Waals surface area contributed by atoms with Crippen LogP contribution in [0, 0.1) is 5.92 Å². The summed E-state index contributed by atoms with van der Waals surface area (Å²) in [5, 5.41) is 11.5. The van der Waals surface area contributed by atoms with Crippen LogP contribution in [-0.4, -0.2) is 48.0 Å². The fourth-order valence-corrected chi connectivity index (χ4v) is 5.59. The first-order chi connectivity index (χ1) is 17.1. The Morgan fingerprint density at radius 3 is 2.77 bits per heavy atom. The van der Waals surface area contributed by atoms with Gasteiger partial charge in [0.1, 0.15) is 23.0 Å². The highest BCUT2D eigenvalue weighted by Crippen LogP contribution is 2.31. The lowest BCUT2D eigenvalue weighted by atomic mass is 9.98. The third-order valence-corrected chi connectivity index (χ3v) is 7.56. The summed E-state index contributed by atoms with van der Waals surface area (Å²) in [6.45, 7) is 3.41. The number of amides is 2. The zero-order chi connectivity index (χ0) is 23.9. The Hall–Kier alpha value is -3.62. The number of hydrogen-bond donors (Lipinski definition) is 1. The number of anilines is 1. The molecule has 1 atom stereocenters. The maximum atomic E-state index is 13.0. The van der Waals surface area contributed by atoms with Gasteiger partial charge in [-0.25, -0.2) is 4.98 Å². The lowest BCUT2D eigenvalue weighted by Crippen LogP contribution is -2.39. The van der Waals surface area contributed by atoms with E-state index in [4.69, 9.17) is 0 Å². The molecule has 3 aromatic rings. The van der Waals surface area contributed by atoms with E-state index < -0.39 is 0 Å². The summed E-state index contributed by atoms with van der Waals surface area (Å²) < 4.78 is 2.12. The number of rotatable bonds is 4. The van der Waals surface area contributed by atoms with Crippen molar-refractivity contribution < 1.29 is 9.59 Å². The first kappa shape index (κ1) is 21.9. The topological polar surface area (TPSA) is 106 Å². The van der Waals surface area contributed by atoms with Crippen molar-refractivity contribution in [1.82, 2.24) is 29.6 Å². The number of aryl methyl sites for hydroxylation is 1. The Morgan fingerprint density at radius 1 is 1.06 bits per heavy atom. The molecule has 180 valence electrons. The van der Waals surface area contributed by atoms with Crippen molar-refractivity contribution in [2.75, 3.05) is 11.9 Å². The number of nitrogens with one attached hydrogen (secondary N) is 1. The molecule has 0 bridgehead atoms. The second-order valence-corrected chi connectivity index (χ2v) is 9.89. The summed E-state index contributed by atoms with van der Waals surface area (Å²) in [6, 6.07) is 7.63. The number of carbonyl (C=O) groups excluding carboxylic acids is 2. The van der Waals surface area contributed by atoms with Crippen molar-refractivity contribution in [2.45, 2.75) is 64.5 Å². The van der Waals surface area contributed by atoms with Crippen molar-refractivity contribution in [3.63, 3.8) is 0 Å². The lowest BCUT2D eigenvalue weighted by Gasteiger charge is -2.31. The van der Waals surface area contributed by atoms with Gasteiger partial charge in [-0.2, -0.15) is 0 Å². The zero-order valence-corrected chi connectivity index (χ0v) is 19.9. The Bertz CT molecular complexity index is 1290. The number of carbonyl (C=O) groups is 2. The summed E-state index contributed by atoms with van der Waals surface area (Å²) in [5.41, 5.74) is 3.10. The molecule has 2 amide bonds. The van der Waals surface area contributed by atoms with Gasteiger partial charge in [-0.3, -0.25) is 14.6 Å².